The van der Waals surface area contributed by atoms with E-state index in [1.165, 1.54) is 22.4 Å². The zero-order valence-electron chi connectivity index (χ0n) is 10.8. The smallest absolute Gasteiger partial charge is 0.0651 e. The maximum atomic E-state index is 3.98. The van der Waals surface area contributed by atoms with Gasteiger partial charge in [0.15, 0.2) is 0 Å². The van der Waals surface area contributed by atoms with Crippen molar-refractivity contribution < 1.29 is 0 Å². The minimum absolute atomic E-state index is 0.234. The monoisotopic (exact) mass is 229 g/mol. The van der Waals surface area contributed by atoms with Crippen LogP contribution in [0.2, 0.25) is 0 Å². The molecule has 1 aromatic carbocycles. The van der Waals surface area contributed by atoms with E-state index in [-0.39, 0.29) is 6.04 Å². The Hall–Kier alpha value is -1.77. The lowest BCUT2D eigenvalue weighted by Crippen LogP contribution is -2.09. The van der Waals surface area contributed by atoms with Crippen LogP contribution in [0.3, 0.4) is 0 Å². The third kappa shape index (κ3) is 2.49. The summed E-state index contributed by atoms with van der Waals surface area (Å²) in [6.45, 7) is 8.54. The van der Waals surface area contributed by atoms with E-state index >= 15 is 0 Å². The number of H-pyrrole nitrogens is 1. The van der Waals surface area contributed by atoms with E-state index in [0.29, 0.717) is 0 Å². The molecule has 0 spiro atoms. The van der Waals surface area contributed by atoms with Crippen LogP contribution in [0.15, 0.2) is 24.4 Å². The van der Waals surface area contributed by atoms with Crippen molar-refractivity contribution in [1.29, 1.82) is 0 Å². The molecule has 2 rings (SSSR count). The van der Waals surface area contributed by atoms with Crippen molar-refractivity contribution in [3.8, 4) is 0 Å². The van der Waals surface area contributed by atoms with E-state index in [9.17, 15) is 0 Å². The number of benzene rings is 1. The van der Waals surface area contributed by atoms with Gasteiger partial charge in [-0.2, -0.15) is 5.10 Å². The molecule has 0 aliphatic heterocycles. The normalized spacial score (nSPS) is 12.5. The second kappa shape index (κ2) is 4.62. The Morgan fingerprint density at radius 3 is 2.35 bits per heavy atom. The quantitative estimate of drug-likeness (QED) is 0.845. The van der Waals surface area contributed by atoms with Gasteiger partial charge in [-0.15, -0.1) is 0 Å². The molecule has 0 amide bonds. The standard InChI is InChI=1S/C14H19N3/c1-9-7-10(2)14(11(3)8-9)16-12(4)13-5-6-15-17-13/h5-8,12,16H,1-4H3,(H,15,17). The van der Waals surface area contributed by atoms with E-state index in [2.05, 4.69) is 55.3 Å². The van der Waals surface area contributed by atoms with Crippen molar-refractivity contribution >= 4 is 5.69 Å². The first-order valence-electron chi connectivity index (χ1n) is 5.91. The second-order valence-electron chi connectivity index (χ2n) is 4.65. The number of hydrogen-bond acceptors (Lipinski definition) is 2. The molecule has 1 heterocycles. The van der Waals surface area contributed by atoms with Crippen LogP contribution in [0.25, 0.3) is 0 Å². The van der Waals surface area contributed by atoms with Crippen LogP contribution in [-0.4, -0.2) is 10.2 Å². The van der Waals surface area contributed by atoms with Crippen LogP contribution >= 0.6 is 0 Å². The van der Waals surface area contributed by atoms with Gasteiger partial charge in [-0.05, 0) is 44.9 Å². The largest absolute Gasteiger partial charge is 0.377 e. The highest BCUT2D eigenvalue weighted by Gasteiger charge is 2.10. The molecule has 1 unspecified atom stereocenters. The maximum absolute atomic E-state index is 3.98. The van der Waals surface area contributed by atoms with Gasteiger partial charge in [0.1, 0.15) is 0 Å². The van der Waals surface area contributed by atoms with Gasteiger partial charge in [0.05, 0.1) is 11.7 Å². The molecule has 0 saturated carbocycles. The highest BCUT2D eigenvalue weighted by molar-refractivity contribution is 5.58. The van der Waals surface area contributed by atoms with Crippen molar-refractivity contribution in [3.63, 3.8) is 0 Å². The summed E-state index contributed by atoms with van der Waals surface area (Å²) in [7, 11) is 0. The van der Waals surface area contributed by atoms with E-state index in [1.807, 2.05) is 6.07 Å². The highest BCUT2D eigenvalue weighted by Crippen LogP contribution is 2.25. The number of nitrogens with one attached hydrogen (secondary N) is 2. The number of aromatic nitrogens is 2. The molecule has 0 radical (unpaired) electrons. The third-order valence-corrected chi connectivity index (χ3v) is 3.03. The molecule has 0 bridgehead atoms. The summed E-state index contributed by atoms with van der Waals surface area (Å²) in [5.74, 6) is 0. The van der Waals surface area contributed by atoms with Crippen molar-refractivity contribution in [2.24, 2.45) is 0 Å². The van der Waals surface area contributed by atoms with Crippen LogP contribution in [0.1, 0.15) is 35.3 Å². The average molecular weight is 229 g/mol. The van der Waals surface area contributed by atoms with Gasteiger partial charge in [0.2, 0.25) is 0 Å². The van der Waals surface area contributed by atoms with E-state index in [1.54, 1.807) is 6.20 Å². The summed E-state index contributed by atoms with van der Waals surface area (Å²) in [5.41, 5.74) is 6.20. The Labute approximate surface area is 102 Å². The van der Waals surface area contributed by atoms with Crippen LogP contribution < -0.4 is 5.32 Å². The van der Waals surface area contributed by atoms with Crippen molar-refractivity contribution in [2.45, 2.75) is 33.7 Å². The molecule has 1 aromatic heterocycles. The average Bonchev–Trinajstić information content (AvgIpc) is 2.76. The summed E-state index contributed by atoms with van der Waals surface area (Å²) in [6, 6.07) is 6.64. The lowest BCUT2D eigenvalue weighted by atomic mass is 10.0. The van der Waals surface area contributed by atoms with E-state index in [4.69, 9.17) is 0 Å². The van der Waals surface area contributed by atoms with Crippen molar-refractivity contribution in [1.82, 2.24) is 10.2 Å². The number of nitrogens with zero attached hydrogens (tertiary/aromatic N) is 1. The molecule has 0 saturated heterocycles. The lowest BCUT2D eigenvalue weighted by Gasteiger charge is -2.18. The molecule has 2 N–H and O–H groups in total. The minimum Gasteiger partial charge on any atom is -0.377 e. The number of aromatic amines is 1. The van der Waals surface area contributed by atoms with Gasteiger partial charge >= 0.3 is 0 Å². The molecular weight excluding hydrogens is 210 g/mol. The molecule has 2 aromatic rings. The second-order valence-corrected chi connectivity index (χ2v) is 4.65. The first kappa shape index (κ1) is 11.7. The van der Waals surface area contributed by atoms with E-state index < -0.39 is 0 Å². The lowest BCUT2D eigenvalue weighted by molar-refractivity contribution is 0.823. The Balaban J connectivity index is 2.25. The van der Waals surface area contributed by atoms with Crippen LogP contribution in [0.5, 0.6) is 0 Å². The summed E-state index contributed by atoms with van der Waals surface area (Å²) in [4.78, 5) is 0. The molecule has 17 heavy (non-hydrogen) atoms. The fourth-order valence-electron chi connectivity index (χ4n) is 2.21. The molecule has 1 atom stereocenters. The first-order valence-corrected chi connectivity index (χ1v) is 5.91. The molecule has 0 aliphatic carbocycles. The van der Waals surface area contributed by atoms with Gasteiger partial charge < -0.3 is 5.32 Å². The predicted molar refractivity (Wildman–Crippen MR) is 71.3 cm³/mol. The molecule has 3 heteroatoms. The summed E-state index contributed by atoms with van der Waals surface area (Å²) in [6.07, 6.45) is 1.78. The number of hydrogen-bond donors (Lipinski definition) is 2. The zero-order chi connectivity index (χ0) is 12.4. The number of rotatable bonds is 3. The van der Waals surface area contributed by atoms with Crippen LogP contribution in [0.4, 0.5) is 5.69 Å². The third-order valence-electron chi connectivity index (χ3n) is 3.03. The minimum atomic E-state index is 0.234. The van der Waals surface area contributed by atoms with Crippen molar-refractivity contribution in [2.75, 3.05) is 5.32 Å². The van der Waals surface area contributed by atoms with E-state index in [0.717, 1.165) is 5.69 Å². The van der Waals surface area contributed by atoms with Gasteiger partial charge in [-0.1, -0.05) is 17.7 Å². The van der Waals surface area contributed by atoms with Gasteiger partial charge in [-0.25, -0.2) is 0 Å². The van der Waals surface area contributed by atoms with Gasteiger partial charge in [-0.3, -0.25) is 5.10 Å². The van der Waals surface area contributed by atoms with Crippen LogP contribution in [-0.2, 0) is 0 Å². The topological polar surface area (TPSA) is 40.7 Å². The Kier molecular flexibility index (Phi) is 3.18. The van der Waals surface area contributed by atoms with Crippen LogP contribution in [0, 0.1) is 20.8 Å². The molecular formula is C14H19N3. The van der Waals surface area contributed by atoms with Crippen molar-refractivity contribution in [3.05, 3.63) is 46.8 Å². The highest BCUT2D eigenvalue weighted by atomic mass is 15.1. The SMILES string of the molecule is Cc1cc(C)c(NC(C)c2ccn[nH]2)c(C)c1. The molecule has 0 fully saturated rings. The Morgan fingerprint density at radius 2 is 1.82 bits per heavy atom. The Morgan fingerprint density at radius 1 is 1.18 bits per heavy atom. The fourth-order valence-corrected chi connectivity index (χ4v) is 2.21. The molecule has 3 nitrogen and oxygen atoms in total. The Bertz CT molecular complexity index is 477. The number of aryl methyl sites for hydroxylation is 3. The maximum Gasteiger partial charge on any atom is 0.0651 e. The van der Waals surface area contributed by atoms with Gasteiger partial charge in [0, 0.05) is 11.9 Å². The number of anilines is 1. The summed E-state index contributed by atoms with van der Waals surface area (Å²) >= 11 is 0. The molecule has 90 valence electrons. The van der Waals surface area contributed by atoms with Gasteiger partial charge in [0.25, 0.3) is 0 Å². The zero-order valence-corrected chi connectivity index (χ0v) is 10.8. The summed E-state index contributed by atoms with van der Waals surface area (Å²) < 4.78 is 0. The fraction of sp³-hybridized carbons (Fsp3) is 0.357. The molecule has 0 aliphatic rings. The first-order chi connectivity index (χ1) is 8.08. The predicted octanol–water partition coefficient (Wildman–Crippen LogP) is 3.51. The summed E-state index contributed by atoms with van der Waals surface area (Å²) in [5, 5.41) is 10.5.